The summed E-state index contributed by atoms with van der Waals surface area (Å²) in [5.74, 6) is 0.242. The van der Waals surface area contributed by atoms with Crippen molar-refractivity contribution in [1.82, 2.24) is 4.98 Å². The molecular formula is C35H30ClFN2O3. The highest BCUT2D eigenvalue weighted by atomic mass is 35.5. The van der Waals surface area contributed by atoms with Crippen molar-refractivity contribution >= 4 is 17.3 Å². The first-order valence-corrected chi connectivity index (χ1v) is 14.2. The summed E-state index contributed by atoms with van der Waals surface area (Å²) in [7, 11) is 0. The summed E-state index contributed by atoms with van der Waals surface area (Å²) < 4.78 is 33.7. The van der Waals surface area contributed by atoms with E-state index in [0.717, 1.165) is 16.7 Å². The van der Waals surface area contributed by atoms with Crippen molar-refractivity contribution in [1.29, 1.82) is 0 Å². The summed E-state index contributed by atoms with van der Waals surface area (Å²) in [6.45, 7) is 2.38. The summed E-state index contributed by atoms with van der Waals surface area (Å²) in [6.07, 6.45) is 0.0358. The molecule has 1 aromatic heterocycles. The molecule has 0 radical (unpaired) electrons. The van der Waals surface area contributed by atoms with Gasteiger partial charge in [-0.2, -0.15) is 4.98 Å². The van der Waals surface area contributed by atoms with E-state index in [1.54, 1.807) is 12.1 Å². The maximum atomic E-state index is 15.7. The molecule has 1 saturated heterocycles. The predicted molar refractivity (Wildman–Crippen MR) is 163 cm³/mol. The van der Waals surface area contributed by atoms with E-state index in [4.69, 9.17) is 25.8 Å². The van der Waals surface area contributed by atoms with Crippen LogP contribution in [0.25, 0.3) is 11.1 Å². The number of pyridine rings is 1. The zero-order valence-electron chi connectivity index (χ0n) is 23.0. The van der Waals surface area contributed by atoms with Crippen molar-refractivity contribution in [2.24, 2.45) is 0 Å². The van der Waals surface area contributed by atoms with E-state index in [1.807, 2.05) is 108 Å². The fraction of sp³-hybridized carbons (Fsp3) is 0.171. The average molecular weight is 581 g/mol. The number of ether oxygens (including phenoxy) is 3. The van der Waals surface area contributed by atoms with Crippen molar-refractivity contribution in [2.75, 3.05) is 18.0 Å². The zero-order valence-corrected chi connectivity index (χ0v) is 23.7. The molecule has 1 aliphatic rings. The second-order valence-corrected chi connectivity index (χ2v) is 10.5. The van der Waals surface area contributed by atoms with Crippen LogP contribution < -0.4 is 14.4 Å². The third-order valence-corrected chi connectivity index (χ3v) is 7.52. The molecule has 0 N–H and O–H groups in total. The maximum Gasteiger partial charge on any atom is 0.225 e. The van der Waals surface area contributed by atoms with E-state index in [1.165, 1.54) is 0 Å². The molecule has 6 rings (SSSR count). The first kappa shape index (κ1) is 27.8. The maximum absolute atomic E-state index is 15.7. The van der Waals surface area contributed by atoms with Crippen molar-refractivity contribution in [3.05, 3.63) is 143 Å². The van der Waals surface area contributed by atoms with Crippen molar-refractivity contribution in [2.45, 2.75) is 25.9 Å². The molecule has 0 amide bonds. The Balaban J connectivity index is 1.19. The van der Waals surface area contributed by atoms with Gasteiger partial charge in [0.15, 0.2) is 5.82 Å². The normalized spacial score (nSPS) is 13.0. The third kappa shape index (κ3) is 6.56. The Hall–Kier alpha value is -4.39. The van der Waals surface area contributed by atoms with Crippen LogP contribution in [0.15, 0.2) is 115 Å². The molecular weight excluding hydrogens is 551 g/mol. The van der Waals surface area contributed by atoms with Crippen LogP contribution >= 0.6 is 11.6 Å². The fourth-order valence-corrected chi connectivity index (χ4v) is 5.06. The lowest BCUT2D eigenvalue weighted by Gasteiger charge is -2.41. The molecule has 4 aromatic carbocycles. The molecule has 0 saturated carbocycles. The highest BCUT2D eigenvalue weighted by Crippen LogP contribution is 2.40. The first-order valence-electron chi connectivity index (χ1n) is 13.9. The van der Waals surface area contributed by atoms with Gasteiger partial charge in [-0.15, -0.1) is 0 Å². The molecule has 0 atom stereocenters. The Bertz CT molecular complexity index is 1610. The number of halogens is 2. The summed E-state index contributed by atoms with van der Waals surface area (Å²) >= 11 is 6.66. The second kappa shape index (κ2) is 13.1. The van der Waals surface area contributed by atoms with E-state index in [9.17, 15) is 0 Å². The topological polar surface area (TPSA) is 43.8 Å². The zero-order chi connectivity index (χ0) is 28.7. The monoisotopic (exact) mass is 580 g/mol. The molecule has 42 heavy (non-hydrogen) atoms. The van der Waals surface area contributed by atoms with Crippen molar-refractivity contribution < 1.29 is 18.6 Å². The van der Waals surface area contributed by atoms with Crippen LogP contribution in [0.1, 0.15) is 16.7 Å². The van der Waals surface area contributed by atoms with Crippen LogP contribution in [-0.4, -0.2) is 24.2 Å². The number of hydrogen-bond acceptors (Lipinski definition) is 5. The molecule has 0 unspecified atom stereocenters. The van der Waals surface area contributed by atoms with E-state index in [0.29, 0.717) is 61.5 Å². The van der Waals surface area contributed by atoms with Gasteiger partial charge >= 0.3 is 0 Å². The lowest BCUT2D eigenvalue weighted by molar-refractivity contribution is 0.0222. The SMILES string of the molecule is Fc1c(N2CC(OCc3ccccc3)C2)ccc(-c2ccc(OCc3ccccc3)nc2OCc2ccccc2)c1Cl. The van der Waals surface area contributed by atoms with Crippen LogP contribution in [0.3, 0.4) is 0 Å². The fourth-order valence-electron chi connectivity index (χ4n) is 4.80. The molecule has 0 bridgehead atoms. The highest BCUT2D eigenvalue weighted by molar-refractivity contribution is 6.34. The third-order valence-electron chi connectivity index (χ3n) is 7.15. The van der Waals surface area contributed by atoms with Gasteiger partial charge in [-0.25, -0.2) is 4.39 Å². The van der Waals surface area contributed by atoms with E-state index in [2.05, 4.69) is 4.98 Å². The first-order chi connectivity index (χ1) is 20.6. The van der Waals surface area contributed by atoms with Crippen LogP contribution in [0.4, 0.5) is 10.1 Å². The summed E-state index contributed by atoms with van der Waals surface area (Å²) in [4.78, 5) is 6.57. The van der Waals surface area contributed by atoms with Gasteiger partial charge in [-0.05, 0) is 28.8 Å². The summed E-state index contributed by atoms with van der Waals surface area (Å²) in [6, 6.07) is 36.8. The van der Waals surface area contributed by atoms with Crippen LogP contribution in [0, 0.1) is 5.82 Å². The number of benzene rings is 4. The minimum Gasteiger partial charge on any atom is -0.473 e. The van der Waals surface area contributed by atoms with Gasteiger partial charge in [0, 0.05) is 30.3 Å². The number of rotatable bonds is 11. The Morgan fingerprint density at radius 1 is 0.667 bits per heavy atom. The predicted octanol–water partition coefficient (Wildman–Crippen LogP) is 8.10. The smallest absolute Gasteiger partial charge is 0.225 e. The number of hydrogen-bond donors (Lipinski definition) is 0. The Kier molecular flexibility index (Phi) is 8.64. The Morgan fingerprint density at radius 3 is 1.83 bits per heavy atom. The van der Waals surface area contributed by atoms with Gasteiger partial charge in [0.1, 0.15) is 13.2 Å². The molecule has 212 valence electrons. The van der Waals surface area contributed by atoms with Gasteiger partial charge < -0.3 is 19.1 Å². The minimum atomic E-state index is -0.478. The molecule has 5 aromatic rings. The molecule has 2 heterocycles. The molecule has 1 fully saturated rings. The lowest BCUT2D eigenvalue weighted by atomic mass is 10.0. The van der Waals surface area contributed by atoms with Crippen molar-refractivity contribution in [3.63, 3.8) is 0 Å². The number of nitrogens with zero attached hydrogens (tertiary/aromatic N) is 2. The van der Waals surface area contributed by atoms with Gasteiger partial charge in [0.25, 0.3) is 0 Å². The van der Waals surface area contributed by atoms with Gasteiger partial charge in [-0.3, -0.25) is 0 Å². The Labute approximate surface area is 250 Å². The Morgan fingerprint density at radius 2 is 1.21 bits per heavy atom. The molecule has 7 heteroatoms. The lowest BCUT2D eigenvalue weighted by Crippen LogP contribution is -2.52. The van der Waals surface area contributed by atoms with Gasteiger partial charge in [-0.1, -0.05) is 109 Å². The van der Waals surface area contributed by atoms with Gasteiger partial charge in [0.2, 0.25) is 11.8 Å². The van der Waals surface area contributed by atoms with Crippen LogP contribution in [0.2, 0.25) is 5.02 Å². The second-order valence-electron chi connectivity index (χ2n) is 10.1. The molecule has 0 aliphatic carbocycles. The quantitative estimate of drug-likeness (QED) is 0.158. The van der Waals surface area contributed by atoms with Crippen LogP contribution in [-0.2, 0) is 24.6 Å². The van der Waals surface area contributed by atoms with E-state index in [-0.39, 0.29) is 11.1 Å². The number of anilines is 1. The van der Waals surface area contributed by atoms with Crippen LogP contribution in [0.5, 0.6) is 11.8 Å². The van der Waals surface area contributed by atoms with Gasteiger partial charge in [0.05, 0.1) is 23.4 Å². The molecule has 1 aliphatic heterocycles. The molecule has 0 spiro atoms. The largest absolute Gasteiger partial charge is 0.473 e. The molecule has 5 nitrogen and oxygen atoms in total. The average Bonchev–Trinajstić information content (AvgIpc) is 3.02. The summed E-state index contributed by atoms with van der Waals surface area (Å²) in [5.41, 5.74) is 4.65. The van der Waals surface area contributed by atoms with E-state index < -0.39 is 5.82 Å². The highest BCUT2D eigenvalue weighted by Gasteiger charge is 2.31. The van der Waals surface area contributed by atoms with Crippen molar-refractivity contribution in [3.8, 4) is 22.9 Å². The minimum absolute atomic E-state index is 0.0190. The number of aromatic nitrogens is 1. The summed E-state index contributed by atoms with van der Waals surface area (Å²) in [5, 5.41) is 0.0190. The standard InChI is InChI=1S/C35H30ClFN2O3/c36-33-29(16-18-31(34(33)37)39-20-28(21-39)40-22-25-10-4-1-5-11-25)30-17-19-32(41-23-26-12-6-2-7-13-26)38-35(30)42-24-27-14-8-3-9-15-27/h1-19,28H,20-24H2. The van der Waals surface area contributed by atoms with E-state index >= 15 is 4.39 Å².